The number of halogens is 2. The molecule has 0 spiro atoms. The van der Waals surface area contributed by atoms with Crippen LogP contribution in [0.25, 0.3) is 10.9 Å². The van der Waals surface area contributed by atoms with Gasteiger partial charge >= 0.3 is 0 Å². The molecule has 1 aromatic carbocycles. The van der Waals surface area contributed by atoms with Crippen LogP contribution >= 0.6 is 23.2 Å². The summed E-state index contributed by atoms with van der Waals surface area (Å²) in [6.45, 7) is 0. The maximum Gasteiger partial charge on any atom is 0.268 e. The lowest BCUT2D eigenvalue weighted by atomic mass is 10.3. The van der Waals surface area contributed by atoms with E-state index in [9.17, 15) is 8.42 Å². The van der Waals surface area contributed by atoms with Gasteiger partial charge in [-0.3, -0.25) is 0 Å². The Labute approximate surface area is 125 Å². The van der Waals surface area contributed by atoms with Crippen LogP contribution in [0, 0.1) is 0 Å². The molecule has 0 aliphatic heterocycles. The highest BCUT2D eigenvalue weighted by Crippen LogP contribution is 2.28. The van der Waals surface area contributed by atoms with Crippen LogP contribution in [0.15, 0.2) is 53.6 Å². The Hall–Kier alpha value is -1.56. The number of pyridine rings is 1. The van der Waals surface area contributed by atoms with Crippen molar-refractivity contribution in [3.05, 3.63) is 59.0 Å². The van der Waals surface area contributed by atoms with Crippen molar-refractivity contribution in [2.45, 2.75) is 4.90 Å². The fourth-order valence-corrected chi connectivity index (χ4v) is 3.94. The molecule has 0 aliphatic carbocycles. The van der Waals surface area contributed by atoms with E-state index in [0.717, 1.165) is 3.97 Å². The van der Waals surface area contributed by atoms with E-state index in [4.69, 9.17) is 23.2 Å². The third kappa shape index (κ3) is 2.08. The van der Waals surface area contributed by atoms with Gasteiger partial charge in [-0.2, -0.15) is 0 Å². The van der Waals surface area contributed by atoms with Gasteiger partial charge in [-0.05, 0) is 24.3 Å². The SMILES string of the molecule is O=S(=O)(c1ccccc1)n1ccc2cc(Cl)nc(Cl)c21. The molecule has 3 aromatic rings. The number of nitrogens with zero attached hydrogens (tertiary/aromatic N) is 2. The number of aromatic nitrogens is 2. The van der Waals surface area contributed by atoms with Gasteiger partial charge in [0.15, 0.2) is 5.15 Å². The van der Waals surface area contributed by atoms with Gasteiger partial charge in [0.1, 0.15) is 10.7 Å². The van der Waals surface area contributed by atoms with Crippen LogP contribution in [0.3, 0.4) is 0 Å². The van der Waals surface area contributed by atoms with Gasteiger partial charge in [0.2, 0.25) is 0 Å². The zero-order valence-corrected chi connectivity index (χ0v) is 12.3. The summed E-state index contributed by atoms with van der Waals surface area (Å²) in [6.07, 6.45) is 1.44. The summed E-state index contributed by atoms with van der Waals surface area (Å²) in [5, 5.41) is 0.892. The predicted octanol–water partition coefficient (Wildman–Crippen LogP) is 3.58. The van der Waals surface area contributed by atoms with Crippen LogP contribution in [-0.2, 0) is 10.0 Å². The van der Waals surface area contributed by atoms with Gasteiger partial charge in [0.25, 0.3) is 10.0 Å². The minimum Gasteiger partial charge on any atom is -0.238 e. The second-order valence-electron chi connectivity index (χ2n) is 4.10. The van der Waals surface area contributed by atoms with Crippen LogP contribution in [0.2, 0.25) is 10.3 Å². The van der Waals surface area contributed by atoms with E-state index in [1.807, 2.05) is 0 Å². The van der Waals surface area contributed by atoms with E-state index < -0.39 is 10.0 Å². The molecule has 4 nitrogen and oxygen atoms in total. The van der Waals surface area contributed by atoms with Gasteiger partial charge in [0, 0.05) is 11.6 Å². The smallest absolute Gasteiger partial charge is 0.238 e. The molecule has 3 rings (SSSR count). The lowest BCUT2D eigenvalue weighted by Gasteiger charge is -2.08. The van der Waals surface area contributed by atoms with Crippen molar-refractivity contribution < 1.29 is 8.42 Å². The zero-order chi connectivity index (χ0) is 14.3. The highest BCUT2D eigenvalue weighted by atomic mass is 35.5. The average Bonchev–Trinajstić information content (AvgIpc) is 2.84. The fraction of sp³-hybridized carbons (Fsp3) is 0. The quantitative estimate of drug-likeness (QED) is 0.676. The number of hydrogen-bond acceptors (Lipinski definition) is 3. The summed E-state index contributed by atoms with van der Waals surface area (Å²) in [4.78, 5) is 4.07. The molecule has 2 aromatic heterocycles. The molecule has 0 radical (unpaired) electrons. The molecule has 2 heterocycles. The first kappa shape index (κ1) is 13.4. The number of benzene rings is 1. The van der Waals surface area contributed by atoms with Crippen molar-refractivity contribution in [1.82, 2.24) is 8.96 Å². The monoisotopic (exact) mass is 326 g/mol. The molecule has 0 unspecified atom stereocenters. The standard InChI is InChI=1S/C13H8Cl2N2O2S/c14-11-8-9-6-7-17(12(9)13(15)16-11)20(18,19)10-4-2-1-3-5-10/h1-8H. The third-order valence-electron chi connectivity index (χ3n) is 2.86. The first-order chi connectivity index (χ1) is 9.50. The van der Waals surface area contributed by atoms with E-state index in [1.54, 1.807) is 30.3 Å². The Bertz CT molecular complexity index is 889. The molecule has 102 valence electrons. The van der Waals surface area contributed by atoms with Crippen molar-refractivity contribution in [2.24, 2.45) is 0 Å². The second-order valence-corrected chi connectivity index (χ2v) is 6.66. The minimum absolute atomic E-state index is 0.0528. The first-order valence-corrected chi connectivity index (χ1v) is 7.83. The number of hydrogen-bond donors (Lipinski definition) is 0. The minimum atomic E-state index is -3.71. The maximum absolute atomic E-state index is 12.6. The molecule has 0 fully saturated rings. The highest BCUT2D eigenvalue weighted by Gasteiger charge is 2.20. The van der Waals surface area contributed by atoms with Crippen LogP contribution in [0.5, 0.6) is 0 Å². The summed E-state index contributed by atoms with van der Waals surface area (Å²) in [6, 6.07) is 11.3. The molecular formula is C13H8Cl2N2O2S. The van der Waals surface area contributed by atoms with E-state index in [0.29, 0.717) is 10.9 Å². The van der Waals surface area contributed by atoms with Gasteiger partial charge in [-0.25, -0.2) is 17.4 Å². The van der Waals surface area contributed by atoms with Crippen molar-refractivity contribution in [3.63, 3.8) is 0 Å². The lowest BCUT2D eigenvalue weighted by molar-refractivity contribution is 0.589. The molecule has 0 saturated heterocycles. The summed E-state index contributed by atoms with van der Waals surface area (Å²) < 4.78 is 26.3. The zero-order valence-electron chi connectivity index (χ0n) is 9.99. The molecule has 0 bridgehead atoms. The van der Waals surface area contributed by atoms with E-state index in [1.165, 1.54) is 18.3 Å². The van der Waals surface area contributed by atoms with Crippen LogP contribution in [0.4, 0.5) is 0 Å². The van der Waals surface area contributed by atoms with E-state index in [-0.39, 0.29) is 15.2 Å². The van der Waals surface area contributed by atoms with E-state index >= 15 is 0 Å². The Morgan fingerprint density at radius 1 is 1.05 bits per heavy atom. The van der Waals surface area contributed by atoms with Gasteiger partial charge in [0.05, 0.1) is 4.90 Å². The topological polar surface area (TPSA) is 52.0 Å². The van der Waals surface area contributed by atoms with Gasteiger partial charge in [-0.1, -0.05) is 41.4 Å². The average molecular weight is 327 g/mol. The second kappa shape index (κ2) is 4.77. The molecule has 0 saturated carbocycles. The maximum atomic E-state index is 12.6. The summed E-state index contributed by atoms with van der Waals surface area (Å²) in [5.41, 5.74) is 0.319. The van der Waals surface area contributed by atoms with Crippen molar-refractivity contribution in [3.8, 4) is 0 Å². The van der Waals surface area contributed by atoms with Crippen molar-refractivity contribution in [2.75, 3.05) is 0 Å². The molecule has 7 heteroatoms. The Morgan fingerprint density at radius 2 is 1.75 bits per heavy atom. The number of fused-ring (bicyclic) bond motifs is 1. The van der Waals surface area contributed by atoms with Crippen molar-refractivity contribution in [1.29, 1.82) is 0 Å². The third-order valence-corrected chi connectivity index (χ3v) is 5.01. The first-order valence-electron chi connectivity index (χ1n) is 5.64. The fourth-order valence-electron chi connectivity index (χ4n) is 1.97. The summed E-state index contributed by atoms with van der Waals surface area (Å²) in [5.74, 6) is 0. The van der Waals surface area contributed by atoms with Gasteiger partial charge < -0.3 is 0 Å². The molecule has 0 amide bonds. The normalized spacial score (nSPS) is 11.9. The van der Waals surface area contributed by atoms with Crippen LogP contribution < -0.4 is 0 Å². The molecule has 0 atom stereocenters. The highest BCUT2D eigenvalue weighted by molar-refractivity contribution is 7.90. The van der Waals surface area contributed by atoms with Gasteiger partial charge in [-0.15, -0.1) is 0 Å². The molecule has 0 aliphatic rings. The van der Waals surface area contributed by atoms with Crippen LogP contribution in [-0.4, -0.2) is 17.4 Å². The molecular weight excluding hydrogens is 319 g/mol. The molecule has 20 heavy (non-hydrogen) atoms. The van der Waals surface area contributed by atoms with E-state index in [2.05, 4.69) is 4.98 Å². The predicted molar refractivity (Wildman–Crippen MR) is 78.8 cm³/mol. The lowest BCUT2D eigenvalue weighted by Crippen LogP contribution is -2.12. The summed E-state index contributed by atoms with van der Waals surface area (Å²) in [7, 11) is -3.71. The summed E-state index contributed by atoms with van der Waals surface area (Å²) >= 11 is 11.8. The molecule has 0 N–H and O–H groups in total. The van der Waals surface area contributed by atoms with Crippen LogP contribution in [0.1, 0.15) is 0 Å². The van der Waals surface area contributed by atoms with Crippen molar-refractivity contribution >= 4 is 44.1 Å². The Kier molecular flexibility index (Phi) is 3.20. The Balaban J connectivity index is 2.31. The Morgan fingerprint density at radius 3 is 2.45 bits per heavy atom. The number of rotatable bonds is 2. The largest absolute Gasteiger partial charge is 0.268 e.